The number of hydrogen-bond acceptors (Lipinski definition) is 4. The minimum Gasteiger partial charge on any atom is -0.310 e. The second kappa shape index (κ2) is 15.5. The zero-order valence-corrected chi connectivity index (χ0v) is 47.2. The largest absolute Gasteiger partial charge is 0.310 e. The van der Waals surface area contributed by atoms with Crippen molar-refractivity contribution in [3.05, 3.63) is 142 Å². The molecule has 0 fully saturated rings. The maximum atomic E-state index is 5.81. The summed E-state index contributed by atoms with van der Waals surface area (Å²) in [5.74, 6) is 1.05. The Labute approximate surface area is 431 Å². The van der Waals surface area contributed by atoms with E-state index in [0.717, 1.165) is 24.4 Å². The summed E-state index contributed by atoms with van der Waals surface area (Å²) < 4.78 is 2.77. The Bertz CT molecular complexity index is 3340. The van der Waals surface area contributed by atoms with Crippen LogP contribution in [0.3, 0.4) is 0 Å². The van der Waals surface area contributed by atoms with Crippen molar-refractivity contribution in [1.82, 2.24) is 4.98 Å². The number of rotatable bonds is 3. The van der Waals surface area contributed by atoms with Crippen LogP contribution in [0.15, 0.2) is 97.1 Å². The van der Waals surface area contributed by atoms with E-state index in [1.54, 1.807) is 0 Å². The van der Waals surface area contributed by atoms with E-state index in [-0.39, 0.29) is 44.6 Å². The molecule has 4 heterocycles. The zero-order valence-electron chi connectivity index (χ0n) is 46.4. The summed E-state index contributed by atoms with van der Waals surface area (Å²) >= 11 is 2.02. The molecule has 0 N–H and O–H groups in total. The number of aromatic nitrogens is 1. The molecule has 2 aliphatic heterocycles. The average Bonchev–Trinajstić information content (AvgIpc) is 3.66. The molecule has 0 radical (unpaired) electrons. The van der Waals surface area contributed by atoms with Crippen LogP contribution in [0.4, 0.5) is 34.3 Å². The fraction of sp³-hybridized carbons (Fsp3) is 0.439. The highest BCUT2D eigenvalue weighted by Gasteiger charge is 2.49. The van der Waals surface area contributed by atoms with Gasteiger partial charge in [0.25, 0.3) is 6.71 Å². The second-order valence-corrected chi connectivity index (χ2v) is 29.0. The number of pyridine rings is 1. The van der Waals surface area contributed by atoms with Crippen molar-refractivity contribution >= 4 is 78.1 Å². The third kappa shape index (κ3) is 7.59. The molecule has 0 spiro atoms. The van der Waals surface area contributed by atoms with Gasteiger partial charge in [-0.15, -0.1) is 11.3 Å². The molecule has 3 nitrogen and oxygen atoms in total. The first-order valence-corrected chi connectivity index (χ1v) is 27.6. The van der Waals surface area contributed by atoms with Crippen molar-refractivity contribution in [3.63, 3.8) is 0 Å². The number of benzene rings is 5. The first-order chi connectivity index (χ1) is 33.0. The van der Waals surface area contributed by atoms with E-state index in [9.17, 15) is 0 Å². The summed E-state index contributed by atoms with van der Waals surface area (Å²) in [6.07, 6.45) is 4.67. The lowest BCUT2D eigenvalue weighted by molar-refractivity contribution is 0.332. The van der Waals surface area contributed by atoms with Gasteiger partial charge in [-0.1, -0.05) is 172 Å². The molecule has 71 heavy (non-hydrogen) atoms. The highest BCUT2D eigenvalue weighted by atomic mass is 32.1. The Kier molecular flexibility index (Phi) is 10.5. The van der Waals surface area contributed by atoms with Gasteiger partial charge < -0.3 is 4.90 Å². The van der Waals surface area contributed by atoms with Crippen LogP contribution in [0.2, 0.25) is 0 Å². The summed E-state index contributed by atoms with van der Waals surface area (Å²) in [4.78, 5) is 11.1. The van der Waals surface area contributed by atoms with Crippen molar-refractivity contribution in [2.75, 3.05) is 9.80 Å². The quantitative estimate of drug-likeness (QED) is 0.165. The van der Waals surface area contributed by atoms with Crippen LogP contribution in [0.5, 0.6) is 0 Å². The summed E-state index contributed by atoms with van der Waals surface area (Å²) in [5.41, 5.74) is 22.7. The number of fused-ring (bicyclic) bond motifs is 8. The fourth-order valence-corrected chi connectivity index (χ4v) is 14.1. The molecule has 0 saturated heterocycles. The number of hydrogen-bond donors (Lipinski definition) is 0. The van der Waals surface area contributed by atoms with Crippen molar-refractivity contribution in [2.45, 2.75) is 188 Å². The molecule has 0 saturated carbocycles. The molecule has 2 aliphatic carbocycles. The molecule has 4 aliphatic rings. The van der Waals surface area contributed by atoms with Crippen molar-refractivity contribution in [3.8, 4) is 11.1 Å². The molecule has 0 amide bonds. The fourth-order valence-electron chi connectivity index (χ4n) is 12.8. The van der Waals surface area contributed by atoms with Gasteiger partial charge in [-0.2, -0.15) is 0 Å². The first-order valence-electron chi connectivity index (χ1n) is 26.7. The van der Waals surface area contributed by atoms with Gasteiger partial charge in [0, 0.05) is 43.2 Å². The van der Waals surface area contributed by atoms with Crippen LogP contribution in [-0.4, -0.2) is 11.7 Å². The third-order valence-corrected chi connectivity index (χ3v) is 18.9. The van der Waals surface area contributed by atoms with Gasteiger partial charge in [0.05, 0.1) is 11.4 Å². The summed E-state index contributed by atoms with van der Waals surface area (Å²) in [7, 11) is 0. The Morgan fingerprint density at radius 3 is 1.65 bits per heavy atom. The minimum absolute atomic E-state index is 0.0106. The van der Waals surface area contributed by atoms with Crippen LogP contribution in [0, 0.1) is 6.92 Å². The van der Waals surface area contributed by atoms with Gasteiger partial charge >= 0.3 is 0 Å². The smallest absolute Gasteiger partial charge is 0.266 e. The highest BCUT2D eigenvalue weighted by molar-refractivity contribution is 7.33. The van der Waals surface area contributed by atoms with Gasteiger partial charge in [-0.05, 0) is 168 Å². The summed E-state index contributed by atoms with van der Waals surface area (Å²) in [6.45, 7) is 43.0. The Balaban J connectivity index is 1.27. The zero-order chi connectivity index (χ0) is 50.9. The molecule has 366 valence electrons. The van der Waals surface area contributed by atoms with Crippen LogP contribution in [-0.2, 0) is 37.9 Å². The molecule has 5 heteroatoms. The second-order valence-electron chi connectivity index (χ2n) is 27.9. The number of anilines is 6. The van der Waals surface area contributed by atoms with Crippen molar-refractivity contribution in [1.29, 1.82) is 0 Å². The van der Waals surface area contributed by atoms with E-state index in [2.05, 4.69) is 231 Å². The van der Waals surface area contributed by atoms with E-state index in [0.29, 0.717) is 0 Å². The number of nitrogens with zero attached hydrogens (tertiary/aromatic N) is 3. The first kappa shape index (κ1) is 48.2. The van der Waals surface area contributed by atoms with Crippen LogP contribution < -0.4 is 25.5 Å². The Morgan fingerprint density at radius 2 is 1.04 bits per heavy atom. The Hall–Kier alpha value is -5.13. The molecular formula is C66H78BN3S. The maximum Gasteiger partial charge on any atom is 0.266 e. The lowest BCUT2D eigenvalue weighted by atomic mass is 9.36. The predicted octanol–water partition coefficient (Wildman–Crippen LogP) is 16.9. The van der Waals surface area contributed by atoms with Crippen LogP contribution in [0.1, 0.15) is 188 Å². The van der Waals surface area contributed by atoms with Gasteiger partial charge in [0.1, 0.15) is 5.82 Å². The normalized spacial score (nSPS) is 18.4. The number of thiophene rings is 1. The molecule has 11 rings (SSSR count). The number of aryl methyl sites for hydroxylation is 1. The Morgan fingerprint density at radius 1 is 0.507 bits per heavy atom. The summed E-state index contributed by atoms with van der Waals surface area (Å²) in [5, 5.41) is 1.33. The van der Waals surface area contributed by atoms with Crippen LogP contribution in [0.25, 0.3) is 21.2 Å². The summed E-state index contributed by atoms with van der Waals surface area (Å²) in [6, 6.07) is 39.3. The lowest BCUT2D eigenvalue weighted by Crippen LogP contribution is -2.61. The average molecular weight is 956 g/mol. The van der Waals surface area contributed by atoms with Gasteiger partial charge in [0.15, 0.2) is 0 Å². The van der Waals surface area contributed by atoms with E-state index in [4.69, 9.17) is 4.98 Å². The van der Waals surface area contributed by atoms with Crippen LogP contribution >= 0.6 is 11.3 Å². The van der Waals surface area contributed by atoms with Gasteiger partial charge in [-0.3, -0.25) is 4.90 Å². The van der Waals surface area contributed by atoms with E-state index >= 15 is 0 Å². The monoisotopic (exact) mass is 956 g/mol. The van der Waals surface area contributed by atoms with E-state index in [1.807, 2.05) is 11.3 Å². The lowest BCUT2D eigenvalue weighted by Gasteiger charge is -2.47. The molecule has 2 aromatic heterocycles. The molecule has 0 unspecified atom stereocenters. The molecule has 7 aromatic rings. The van der Waals surface area contributed by atoms with Gasteiger partial charge in [-0.25, -0.2) is 4.98 Å². The van der Waals surface area contributed by atoms with Crippen molar-refractivity contribution in [2.24, 2.45) is 0 Å². The molecule has 0 bridgehead atoms. The minimum atomic E-state index is -0.0391. The topological polar surface area (TPSA) is 19.4 Å². The molecule has 0 atom stereocenters. The third-order valence-electron chi connectivity index (χ3n) is 17.7. The van der Waals surface area contributed by atoms with Gasteiger partial charge in [0.2, 0.25) is 0 Å². The van der Waals surface area contributed by atoms with Crippen molar-refractivity contribution < 1.29 is 0 Å². The van der Waals surface area contributed by atoms with E-state index < -0.39 is 0 Å². The maximum absolute atomic E-state index is 5.81. The predicted molar refractivity (Wildman–Crippen MR) is 310 cm³/mol. The van der Waals surface area contributed by atoms with E-state index in [1.165, 1.54) is 117 Å². The molecule has 5 aromatic carbocycles. The SMILES string of the molecule is Cc1cc2c3c(n1)N(c1ccc(C(C)(C)C)cc1-c1ccc(C(C)(C)C)cc1)c1cc4c(cc1B3c1sc3cc(C(C)(C)C)ccc3c1N2c1ccc2c(c1)C(C)(C)CCC2(C)C)C(C)(C)CCC4(C)C. The standard InChI is InChI=1S/C66H78BN3S/c1-39-33-54-56-59(68-39)70(52-28-24-42(61(5,6)7)34-46(52)40-19-21-41(22-20-40)60(2,3)4)53-38-50-49(65(15,16)31-32-66(50,17)18)37-51(53)67(56)58-57(45-26-23-43(62(8,9)10)35-55(45)71-58)69(54)44-25-27-47-48(36-44)64(13,14)30-29-63(47,11)12/h19-28,33-38H,29-32H2,1-18H3. The molecular weight excluding hydrogens is 878 g/mol. The highest BCUT2D eigenvalue weighted by Crippen LogP contribution is 2.54.